The molecule has 0 saturated heterocycles. The molecule has 8 heteroatoms. The van der Waals surface area contributed by atoms with Gasteiger partial charge in [-0.25, -0.2) is 9.37 Å². The molecule has 2 rings (SSSR count). The summed E-state index contributed by atoms with van der Waals surface area (Å²) in [6.45, 7) is 1.76. The van der Waals surface area contributed by atoms with Gasteiger partial charge in [-0.2, -0.15) is 0 Å². The Morgan fingerprint density at radius 2 is 2.14 bits per heavy atom. The minimum Gasteiger partial charge on any atom is -0.431 e. The van der Waals surface area contributed by atoms with Crippen LogP contribution < -0.4 is 4.74 Å². The summed E-state index contributed by atoms with van der Waals surface area (Å²) in [5, 5.41) is 11.6. The zero-order valence-corrected chi connectivity index (χ0v) is 13.9. The van der Waals surface area contributed by atoms with Crippen molar-refractivity contribution in [2.45, 2.75) is 12.3 Å². The van der Waals surface area contributed by atoms with Gasteiger partial charge in [0.1, 0.15) is 5.82 Å². The van der Waals surface area contributed by atoms with Crippen molar-refractivity contribution in [2.24, 2.45) is 0 Å². The number of nitro benzene ring substituents is 1. The van der Waals surface area contributed by atoms with E-state index in [0.29, 0.717) is 10.9 Å². The highest BCUT2D eigenvalue weighted by molar-refractivity contribution is 9.10. The number of rotatable bonds is 4. The first-order chi connectivity index (χ1) is 9.92. The van der Waals surface area contributed by atoms with Crippen LogP contribution in [-0.4, -0.2) is 9.91 Å². The van der Waals surface area contributed by atoms with Crippen LogP contribution >= 0.6 is 31.9 Å². The molecule has 0 radical (unpaired) electrons. The maximum atomic E-state index is 13.6. The van der Waals surface area contributed by atoms with Crippen LogP contribution in [0.25, 0.3) is 0 Å². The number of nitro groups is 1. The molecule has 1 heterocycles. The fraction of sp³-hybridized carbons (Fsp3) is 0.154. The quantitative estimate of drug-likeness (QED) is 0.402. The Labute approximate surface area is 136 Å². The van der Waals surface area contributed by atoms with Crippen molar-refractivity contribution < 1.29 is 14.1 Å². The Bertz CT molecular complexity index is 710. The molecule has 0 fully saturated rings. The number of nitrogens with zero attached hydrogens (tertiary/aromatic N) is 2. The van der Waals surface area contributed by atoms with Gasteiger partial charge in [0.15, 0.2) is 0 Å². The summed E-state index contributed by atoms with van der Waals surface area (Å²) >= 11 is 6.22. The molecular weight excluding hydrogens is 411 g/mol. The van der Waals surface area contributed by atoms with E-state index < -0.39 is 10.7 Å². The minimum absolute atomic E-state index is 0.000804. The summed E-state index contributed by atoms with van der Waals surface area (Å²) in [6, 6.07) is 3.85. The fourth-order valence-corrected chi connectivity index (χ4v) is 2.28. The minimum atomic E-state index is -0.648. The van der Waals surface area contributed by atoms with E-state index in [1.54, 1.807) is 13.1 Å². The molecule has 1 aromatic heterocycles. The number of alkyl halides is 1. The molecule has 0 aliphatic carbocycles. The van der Waals surface area contributed by atoms with Gasteiger partial charge in [0.25, 0.3) is 0 Å². The van der Waals surface area contributed by atoms with Gasteiger partial charge in [-0.3, -0.25) is 10.1 Å². The van der Waals surface area contributed by atoms with E-state index in [4.69, 9.17) is 4.74 Å². The van der Waals surface area contributed by atoms with Crippen LogP contribution in [0.4, 0.5) is 10.1 Å². The molecule has 0 atom stereocenters. The van der Waals surface area contributed by atoms with Gasteiger partial charge in [0, 0.05) is 29.2 Å². The van der Waals surface area contributed by atoms with Gasteiger partial charge in [-0.1, -0.05) is 15.9 Å². The topological polar surface area (TPSA) is 65.3 Å². The van der Waals surface area contributed by atoms with Crippen LogP contribution in [0.5, 0.6) is 11.6 Å². The summed E-state index contributed by atoms with van der Waals surface area (Å²) in [6.07, 6.45) is 1.58. The lowest BCUT2D eigenvalue weighted by atomic mass is 10.2. The van der Waals surface area contributed by atoms with E-state index in [0.717, 1.165) is 17.7 Å². The normalized spacial score (nSPS) is 10.5. The molecule has 0 amide bonds. The molecule has 0 bridgehead atoms. The zero-order valence-electron chi connectivity index (χ0n) is 10.8. The molecule has 21 heavy (non-hydrogen) atoms. The highest BCUT2D eigenvalue weighted by Gasteiger charge is 2.20. The van der Waals surface area contributed by atoms with Gasteiger partial charge in [0.2, 0.25) is 11.6 Å². The molecule has 1 aromatic carbocycles. The second kappa shape index (κ2) is 6.48. The Hall–Kier alpha value is -1.54. The second-order valence-electron chi connectivity index (χ2n) is 4.19. The van der Waals surface area contributed by atoms with Crippen LogP contribution in [0.1, 0.15) is 11.1 Å². The second-order valence-corrected chi connectivity index (χ2v) is 5.61. The summed E-state index contributed by atoms with van der Waals surface area (Å²) in [4.78, 5) is 14.5. The SMILES string of the molecule is Cc1cc(CBr)cnc1Oc1cc(F)c(Br)cc1[N+](=O)[O-]. The summed E-state index contributed by atoms with van der Waals surface area (Å²) < 4.78 is 19.0. The first kappa shape index (κ1) is 15.8. The maximum Gasteiger partial charge on any atom is 0.312 e. The maximum absolute atomic E-state index is 13.6. The smallest absolute Gasteiger partial charge is 0.312 e. The predicted octanol–water partition coefficient (Wildman–Crippen LogP) is 4.89. The van der Waals surface area contributed by atoms with Crippen molar-refractivity contribution >= 4 is 37.5 Å². The Morgan fingerprint density at radius 1 is 1.43 bits per heavy atom. The lowest BCUT2D eigenvalue weighted by Crippen LogP contribution is -1.98. The lowest BCUT2D eigenvalue weighted by Gasteiger charge is -2.09. The third kappa shape index (κ3) is 3.56. The number of hydrogen-bond donors (Lipinski definition) is 0. The van der Waals surface area contributed by atoms with E-state index in [2.05, 4.69) is 36.8 Å². The molecule has 0 saturated carbocycles. The molecule has 110 valence electrons. The molecule has 0 N–H and O–H groups in total. The van der Waals surface area contributed by atoms with Gasteiger partial charge in [-0.05, 0) is 34.5 Å². The third-order valence-corrected chi connectivity index (χ3v) is 3.90. The van der Waals surface area contributed by atoms with Crippen LogP contribution in [-0.2, 0) is 5.33 Å². The molecule has 0 aliphatic rings. The van der Waals surface area contributed by atoms with Crippen molar-refractivity contribution in [3.05, 3.63) is 55.9 Å². The highest BCUT2D eigenvalue weighted by Crippen LogP contribution is 2.35. The number of halogens is 3. The molecule has 0 spiro atoms. The number of pyridine rings is 1. The molecule has 0 unspecified atom stereocenters. The largest absolute Gasteiger partial charge is 0.431 e. The van der Waals surface area contributed by atoms with Crippen molar-refractivity contribution in [3.8, 4) is 11.6 Å². The first-order valence-electron chi connectivity index (χ1n) is 5.75. The van der Waals surface area contributed by atoms with Crippen LogP contribution in [0.3, 0.4) is 0 Å². The first-order valence-corrected chi connectivity index (χ1v) is 7.66. The number of aryl methyl sites for hydroxylation is 1. The number of ether oxygens (including phenoxy) is 1. The third-order valence-electron chi connectivity index (χ3n) is 2.65. The Balaban J connectivity index is 2.43. The van der Waals surface area contributed by atoms with E-state index in [1.807, 2.05) is 6.07 Å². The van der Waals surface area contributed by atoms with Gasteiger partial charge < -0.3 is 4.74 Å². The van der Waals surface area contributed by atoms with E-state index >= 15 is 0 Å². The fourth-order valence-electron chi connectivity index (χ4n) is 1.65. The molecule has 2 aromatic rings. The van der Waals surface area contributed by atoms with Gasteiger partial charge in [0.05, 0.1) is 9.40 Å². The van der Waals surface area contributed by atoms with E-state index in [1.165, 1.54) is 0 Å². The summed E-state index contributed by atoms with van der Waals surface area (Å²) in [5.74, 6) is -0.641. The van der Waals surface area contributed by atoms with Crippen LogP contribution in [0, 0.1) is 22.9 Å². The highest BCUT2D eigenvalue weighted by atomic mass is 79.9. The molecular formula is C13H9Br2FN2O3. The van der Waals surface area contributed by atoms with Crippen molar-refractivity contribution in [1.29, 1.82) is 0 Å². The molecule has 0 aliphatic heterocycles. The predicted molar refractivity (Wildman–Crippen MR) is 82.4 cm³/mol. The van der Waals surface area contributed by atoms with Gasteiger partial charge >= 0.3 is 5.69 Å². The number of aromatic nitrogens is 1. The summed E-state index contributed by atoms with van der Waals surface area (Å²) in [5.41, 5.74) is 1.30. The van der Waals surface area contributed by atoms with Crippen LogP contribution in [0.2, 0.25) is 0 Å². The Morgan fingerprint density at radius 3 is 2.71 bits per heavy atom. The van der Waals surface area contributed by atoms with Crippen molar-refractivity contribution in [3.63, 3.8) is 0 Å². The standard InChI is InChI=1S/C13H9Br2FN2O3/c1-7-2-8(5-14)6-17-13(7)21-12-4-10(16)9(15)3-11(12)18(19)20/h2-4,6H,5H2,1H3. The average Bonchev–Trinajstić information content (AvgIpc) is 2.44. The average molecular weight is 420 g/mol. The monoisotopic (exact) mass is 418 g/mol. The lowest BCUT2D eigenvalue weighted by molar-refractivity contribution is -0.385. The summed E-state index contributed by atoms with van der Waals surface area (Å²) in [7, 11) is 0. The molecule has 5 nitrogen and oxygen atoms in total. The van der Waals surface area contributed by atoms with Crippen LogP contribution in [0.15, 0.2) is 28.9 Å². The van der Waals surface area contributed by atoms with E-state index in [-0.39, 0.29) is 21.8 Å². The zero-order chi connectivity index (χ0) is 15.6. The van der Waals surface area contributed by atoms with E-state index in [9.17, 15) is 14.5 Å². The number of benzene rings is 1. The van der Waals surface area contributed by atoms with Crippen molar-refractivity contribution in [1.82, 2.24) is 4.98 Å². The number of hydrogen-bond acceptors (Lipinski definition) is 4. The Kier molecular flexibility index (Phi) is 4.89. The van der Waals surface area contributed by atoms with Gasteiger partial charge in [-0.15, -0.1) is 0 Å². The van der Waals surface area contributed by atoms with Crippen molar-refractivity contribution in [2.75, 3.05) is 0 Å².